The lowest BCUT2D eigenvalue weighted by Gasteiger charge is -2.29. The third-order valence-corrected chi connectivity index (χ3v) is 5.85. The second kappa shape index (κ2) is 10.3. The molecule has 4 unspecified atom stereocenters. The van der Waals surface area contributed by atoms with Gasteiger partial charge in [-0.05, 0) is 47.8 Å². The molecule has 166 valence electrons. The lowest BCUT2D eigenvalue weighted by Crippen LogP contribution is -2.37. The second-order valence-corrected chi connectivity index (χ2v) is 9.94. The van der Waals surface area contributed by atoms with E-state index in [2.05, 4.69) is 6.30 Å². The molecule has 0 saturated carbocycles. The minimum absolute atomic E-state index is 0.0152. The van der Waals surface area contributed by atoms with E-state index >= 15 is 0 Å². The van der Waals surface area contributed by atoms with E-state index in [0.717, 1.165) is 6.42 Å². The molecule has 0 aromatic rings. The molecule has 2 rings (SSSR count). The minimum Gasteiger partial charge on any atom is -0.388 e. The van der Waals surface area contributed by atoms with Gasteiger partial charge in [-0.3, -0.25) is 0 Å². The Morgan fingerprint density at radius 1 is 1.07 bits per heavy atom. The molecular formula is C19H37O8P. The summed E-state index contributed by atoms with van der Waals surface area (Å²) in [7, 11) is -3.45. The Bertz CT molecular complexity index is 528. The summed E-state index contributed by atoms with van der Waals surface area (Å²) in [5.74, 6) is 0. The summed E-state index contributed by atoms with van der Waals surface area (Å²) in [5.41, 5.74) is 0. The summed E-state index contributed by atoms with van der Waals surface area (Å²) in [4.78, 5) is 10.6. The van der Waals surface area contributed by atoms with Crippen LogP contribution in [0.5, 0.6) is 0 Å². The highest BCUT2D eigenvalue weighted by Gasteiger charge is 2.45. The molecule has 0 bridgehead atoms. The van der Waals surface area contributed by atoms with Crippen LogP contribution in [-0.2, 0) is 28.0 Å². The monoisotopic (exact) mass is 424 g/mol. The predicted molar refractivity (Wildman–Crippen MR) is 107 cm³/mol. The van der Waals surface area contributed by atoms with Crippen molar-refractivity contribution in [1.82, 2.24) is 0 Å². The zero-order chi connectivity index (χ0) is 21.1. The van der Waals surface area contributed by atoms with Crippen molar-refractivity contribution in [1.29, 1.82) is 0 Å². The topological polar surface area (TPSA) is 95.8 Å². The fourth-order valence-corrected chi connectivity index (χ4v) is 4.52. The number of hydrogen-bond donors (Lipinski definition) is 2. The summed E-state index contributed by atoms with van der Waals surface area (Å²) in [6.07, 6.45) is 1.56. The zero-order valence-electron chi connectivity index (χ0n) is 17.8. The van der Waals surface area contributed by atoms with Crippen LogP contribution in [0, 0.1) is 0 Å². The van der Waals surface area contributed by atoms with E-state index in [1.54, 1.807) is 6.92 Å². The quantitative estimate of drug-likeness (QED) is 0.515. The third kappa shape index (κ3) is 7.04. The van der Waals surface area contributed by atoms with Gasteiger partial charge in [0.15, 0.2) is 0 Å². The van der Waals surface area contributed by atoms with E-state index in [1.807, 2.05) is 34.6 Å². The van der Waals surface area contributed by atoms with Gasteiger partial charge in [-0.1, -0.05) is 0 Å². The maximum absolute atomic E-state index is 10.6. The first-order valence-corrected chi connectivity index (χ1v) is 11.8. The van der Waals surface area contributed by atoms with Gasteiger partial charge in [0.1, 0.15) is 24.4 Å². The van der Waals surface area contributed by atoms with Crippen molar-refractivity contribution in [2.45, 2.75) is 103 Å². The van der Waals surface area contributed by atoms with Crippen molar-refractivity contribution in [2.24, 2.45) is 0 Å². The smallest absolute Gasteiger partial charge is 0.248 e. The standard InChI is InChI=1S/C19H37O8P/c1-11(2)22-9-17-19(18(20)14(6)26-17)27-28(7,21)23-10-16-15(24-12(3)4)8-13(5)25-16/h11-21H,7-10H2,1-6H3/t13-,14-,15?,16+,17+,18?,19?,28?/m0/s1. The molecule has 28 heavy (non-hydrogen) atoms. The lowest BCUT2D eigenvalue weighted by molar-refractivity contribution is -0.0672. The van der Waals surface area contributed by atoms with Gasteiger partial charge < -0.3 is 38.0 Å². The van der Waals surface area contributed by atoms with E-state index in [-0.39, 0.29) is 43.7 Å². The Morgan fingerprint density at radius 3 is 2.36 bits per heavy atom. The molecule has 8 nitrogen and oxygen atoms in total. The first kappa shape index (κ1) is 24.3. The summed E-state index contributed by atoms with van der Waals surface area (Å²) in [6.45, 7) is 11.8. The fourth-order valence-electron chi connectivity index (χ4n) is 3.44. The summed E-state index contributed by atoms with van der Waals surface area (Å²) < 4.78 is 34.4. The molecule has 2 aliphatic rings. The predicted octanol–water partition coefficient (Wildman–Crippen LogP) is 2.12. The van der Waals surface area contributed by atoms with Crippen LogP contribution in [0.1, 0.15) is 48.0 Å². The lowest BCUT2D eigenvalue weighted by atomic mass is 10.1. The van der Waals surface area contributed by atoms with Crippen molar-refractivity contribution < 1.29 is 38.0 Å². The Balaban J connectivity index is 1.93. The number of ether oxygens (including phenoxy) is 4. The van der Waals surface area contributed by atoms with Crippen LogP contribution in [0.4, 0.5) is 0 Å². The van der Waals surface area contributed by atoms with Crippen LogP contribution in [0.2, 0.25) is 0 Å². The first-order chi connectivity index (χ1) is 13.0. The molecular weight excluding hydrogens is 387 g/mol. The fraction of sp³-hybridized carbons (Fsp3) is 0.947. The molecule has 0 aromatic carbocycles. The van der Waals surface area contributed by atoms with Gasteiger partial charge in [0.05, 0.1) is 43.7 Å². The molecule has 8 atom stereocenters. The normalized spacial score (nSPS) is 38.4. The molecule has 0 radical (unpaired) electrons. The molecule has 0 aliphatic carbocycles. The van der Waals surface area contributed by atoms with Crippen molar-refractivity contribution >= 4 is 13.9 Å². The molecule has 0 aromatic heterocycles. The molecule has 0 amide bonds. The largest absolute Gasteiger partial charge is 0.388 e. The molecule has 0 spiro atoms. The van der Waals surface area contributed by atoms with E-state index in [0.29, 0.717) is 0 Å². The Morgan fingerprint density at radius 2 is 1.75 bits per heavy atom. The average Bonchev–Trinajstić information content (AvgIpc) is 3.04. The van der Waals surface area contributed by atoms with Gasteiger partial charge in [-0.25, -0.2) is 0 Å². The first-order valence-electron chi connectivity index (χ1n) is 10.0. The van der Waals surface area contributed by atoms with E-state index < -0.39 is 32.0 Å². The molecule has 2 saturated heterocycles. The van der Waals surface area contributed by atoms with Crippen LogP contribution in [-0.4, -0.2) is 84.4 Å². The Labute approximate surface area is 168 Å². The summed E-state index contributed by atoms with van der Waals surface area (Å²) in [5, 5.41) is 10.4. The van der Waals surface area contributed by atoms with Crippen molar-refractivity contribution in [3.05, 3.63) is 0 Å². The highest BCUT2D eigenvalue weighted by molar-refractivity contribution is 7.58. The molecule has 2 heterocycles. The van der Waals surface area contributed by atoms with Crippen molar-refractivity contribution in [2.75, 3.05) is 13.2 Å². The van der Waals surface area contributed by atoms with E-state index in [1.165, 1.54) is 0 Å². The van der Waals surface area contributed by atoms with Gasteiger partial charge in [-0.2, -0.15) is 0 Å². The van der Waals surface area contributed by atoms with Gasteiger partial charge in [0.2, 0.25) is 7.57 Å². The minimum atomic E-state index is -3.45. The molecule has 9 heteroatoms. The van der Waals surface area contributed by atoms with Crippen molar-refractivity contribution in [3.8, 4) is 0 Å². The summed E-state index contributed by atoms with van der Waals surface area (Å²) >= 11 is 0. The molecule has 2 N–H and O–H groups in total. The number of aliphatic hydroxyl groups excluding tert-OH is 1. The molecule has 2 aliphatic heterocycles. The third-order valence-electron chi connectivity index (χ3n) is 4.73. The Kier molecular flexibility index (Phi) is 8.95. The number of rotatable bonds is 10. The molecule has 2 fully saturated rings. The van der Waals surface area contributed by atoms with Gasteiger partial charge in [0.25, 0.3) is 0 Å². The zero-order valence-corrected chi connectivity index (χ0v) is 18.7. The number of aliphatic hydroxyl groups is 1. The van der Waals surface area contributed by atoms with Crippen LogP contribution < -0.4 is 0 Å². The van der Waals surface area contributed by atoms with Crippen LogP contribution in [0.25, 0.3) is 0 Å². The second-order valence-electron chi connectivity index (χ2n) is 8.20. The van der Waals surface area contributed by atoms with Crippen molar-refractivity contribution in [3.63, 3.8) is 0 Å². The number of hydrogen-bond acceptors (Lipinski definition) is 8. The average molecular weight is 424 g/mol. The van der Waals surface area contributed by atoms with Gasteiger partial charge in [0, 0.05) is 6.42 Å². The van der Waals surface area contributed by atoms with E-state index in [4.69, 9.17) is 28.0 Å². The van der Waals surface area contributed by atoms with E-state index in [9.17, 15) is 10.00 Å². The highest BCUT2D eigenvalue weighted by Crippen LogP contribution is 2.47. The highest BCUT2D eigenvalue weighted by atomic mass is 31.2. The Hall–Kier alpha value is -0.0200. The maximum Gasteiger partial charge on any atom is 0.248 e. The van der Waals surface area contributed by atoms with Crippen LogP contribution in [0.3, 0.4) is 0 Å². The summed E-state index contributed by atoms with van der Waals surface area (Å²) in [6, 6.07) is 0. The van der Waals surface area contributed by atoms with Gasteiger partial charge in [-0.15, -0.1) is 0 Å². The van der Waals surface area contributed by atoms with Crippen LogP contribution in [0.15, 0.2) is 0 Å². The maximum atomic E-state index is 10.6. The van der Waals surface area contributed by atoms with Gasteiger partial charge >= 0.3 is 0 Å². The van der Waals surface area contributed by atoms with Crippen LogP contribution >= 0.6 is 7.57 Å². The SMILES string of the molecule is C=P(O)(OC[C@H]1O[C@@H](C)CC1OC(C)C)OC1C(O)[C@H](C)O[C@@H]1COC(C)C.